The van der Waals surface area contributed by atoms with E-state index < -0.39 is 5.91 Å². The number of nitrogens with one attached hydrogen (secondary N) is 1. The third-order valence-corrected chi connectivity index (χ3v) is 3.03. The van der Waals surface area contributed by atoms with E-state index >= 15 is 0 Å². The Hall–Kier alpha value is -3.15. The first-order chi connectivity index (χ1) is 10.1. The topological polar surface area (TPSA) is 107 Å². The van der Waals surface area contributed by atoms with Crippen LogP contribution in [0.3, 0.4) is 0 Å². The molecule has 21 heavy (non-hydrogen) atoms. The zero-order valence-electron chi connectivity index (χ0n) is 11.1. The fraction of sp³-hybridized carbons (Fsp3) is 0. The Labute approximate surface area is 120 Å². The molecule has 1 aromatic heterocycles. The summed E-state index contributed by atoms with van der Waals surface area (Å²) in [5.74, 6) is 0.319. The Balaban J connectivity index is 1.93. The summed E-state index contributed by atoms with van der Waals surface area (Å²) in [5, 5.41) is 3.08. The second-order valence-electron chi connectivity index (χ2n) is 4.51. The van der Waals surface area contributed by atoms with Crippen molar-refractivity contribution in [1.29, 1.82) is 0 Å². The molecule has 0 saturated carbocycles. The van der Waals surface area contributed by atoms with Crippen LogP contribution in [0.2, 0.25) is 0 Å². The summed E-state index contributed by atoms with van der Waals surface area (Å²) in [6, 6.07) is 14.2. The van der Waals surface area contributed by atoms with Crippen molar-refractivity contribution in [1.82, 2.24) is 9.97 Å². The van der Waals surface area contributed by atoms with Gasteiger partial charge in [0, 0.05) is 11.3 Å². The standard InChI is InChI=1S/C15H13N5O/c16-13-15(20-12-4-2-1-3-11(12)19-13)18-10-7-5-9(6-8-10)14(17)21/h1-8H,(H2,16,19)(H2,17,21)(H,18,20). The Kier molecular flexibility index (Phi) is 3.12. The molecule has 1 heterocycles. The summed E-state index contributed by atoms with van der Waals surface area (Å²) >= 11 is 0. The number of nitrogen functional groups attached to an aromatic ring is 1. The van der Waals surface area contributed by atoms with Gasteiger partial charge in [-0.15, -0.1) is 0 Å². The number of benzene rings is 2. The van der Waals surface area contributed by atoms with Crippen LogP contribution in [0.1, 0.15) is 10.4 Å². The van der Waals surface area contributed by atoms with E-state index in [0.29, 0.717) is 17.2 Å². The molecule has 6 nitrogen and oxygen atoms in total. The number of anilines is 3. The lowest BCUT2D eigenvalue weighted by Gasteiger charge is -2.09. The first kappa shape index (κ1) is 12.9. The number of fused-ring (bicyclic) bond motifs is 1. The number of carbonyl (C=O) groups excluding carboxylic acids is 1. The van der Waals surface area contributed by atoms with Gasteiger partial charge in [0.1, 0.15) is 0 Å². The third kappa shape index (κ3) is 2.59. The lowest BCUT2D eigenvalue weighted by atomic mass is 10.2. The lowest BCUT2D eigenvalue weighted by Crippen LogP contribution is -2.10. The van der Waals surface area contributed by atoms with Crippen molar-refractivity contribution >= 4 is 34.3 Å². The maximum absolute atomic E-state index is 11.0. The average Bonchev–Trinajstić information content (AvgIpc) is 2.48. The summed E-state index contributed by atoms with van der Waals surface area (Å²) in [4.78, 5) is 19.8. The zero-order chi connectivity index (χ0) is 14.8. The average molecular weight is 279 g/mol. The summed E-state index contributed by atoms with van der Waals surface area (Å²) in [5.41, 5.74) is 13.8. The molecule has 3 aromatic rings. The van der Waals surface area contributed by atoms with Crippen molar-refractivity contribution in [3.05, 3.63) is 54.1 Å². The van der Waals surface area contributed by atoms with E-state index in [1.54, 1.807) is 24.3 Å². The third-order valence-electron chi connectivity index (χ3n) is 3.03. The maximum Gasteiger partial charge on any atom is 0.248 e. The van der Waals surface area contributed by atoms with Gasteiger partial charge in [-0.05, 0) is 36.4 Å². The number of hydrogen-bond acceptors (Lipinski definition) is 5. The monoisotopic (exact) mass is 279 g/mol. The molecule has 0 bridgehead atoms. The molecule has 0 aliphatic rings. The number of hydrogen-bond donors (Lipinski definition) is 3. The van der Waals surface area contributed by atoms with Gasteiger partial charge in [-0.3, -0.25) is 4.79 Å². The minimum absolute atomic E-state index is 0.313. The van der Waals surface area contributed by atoms with Crippen LogP contribution >= 0.6 is 0 Å². The van der Waals surface area contributed by atoms with Crippen molar-refractivity contribution in [2.24, 2.45) is 5.73 Å². The minimum Gasteiger partial charge on any atom is -0.381 e. The van der Waals surface area contributed by atoms with Gasteiger partial charge in [-0.25, -0.2) is 9.97 Å². The number of primary amides is 1. The first-order valence-electron chi connectivity index (χ1n) is 6.32. The Morgan fingerprint density at radius 3 is 2.19 bits per heavy atom. The highest BCUT2D eigenvalue weighted by Crippen LogP contribution is 2.22. The van der Waals surface area contributed by atoms with Crippen molar-refractivity contribution in [3.63, 3.8) is 0 Å². The molecule has 5 N–H and O–H groups in total. The van der Waals surface area contributed by atoms with E-state index in [4.69, 9.17) is 11.5 Å². The molecule has 2 aromatic carbocycles. The van der Waals surface area contributed by atoms with Crippen LogP contribution in [-0.4, -0.2) is 15.9 Å². The normalized spacial score (nSPS) is 10.5. The van der Waals surface area contributed by atoms with Crippen LogP contribution in [0.25, 0.3) is 11.0 Å². The fourth-order valence-corrected chi connectivity index (χ4v) is 1.96. The summed E-state index contributed by atoms with van der Waals surface area (Å²) in [7, 11) is 0. The van der Waals surface area contributed by atoms with Gasteiger partial charge in [-0.2, -0.15) is 0 Å². The molecule has 0 radical (unpaired) electrons. The Morgan fingerprint density at radius 2 is 1.57 bits per heavy atom. The number of nitrogens with two attached hydrogens (primary N) is 2. The zero-order valence-corrected chi connectivity index (χ0v) is 11.1. The molecule has 0 fully saturated rings. The van der Waals surface area contributed by atoms with Crippen molar-refractivity contribution in [2.45, 2.75) is 0 Å². The quantitative estimate of drug-likeness (QED) is 0.680. The van der Waals surface area contributed by atoms with Crippen LogP contribution < -0.4 is 16.8 Å². The van der Waals surface area contributed by atoms with Crippen LogP contribution in [-0.2, 0) is 0 Å². The van der Waals surface area contributed by atoms with Gasteiger partial charge in [0.15, 0.2) is 11.6 Å². The largest absolute Gasteiger partial charge is 0.381 e. The highest BCUT2D eigenvalue weighted by Gasteiger charge is 2.06. The van der Waals surface area contributed by atoms with Gasteiger partial charge in [0.25, 0.3) is 0 Å². The number of para-hydroxylation sites is 2. The smallest absolute Gasteiger partial charge is 0.248 e. The van der Waals surface area contributed by atoms with Crippen LogP contribution in [0.4, 0.5) is 17.3 Å². The molecular formula is C15H13N5O. The van der Waals surface area contributed by atoms with E-state index in [0.717, 1.165) is 16.7 Å². The van der Waals surface area contributed by atoms with Gasteiger partial charge in [0.2, 0.25) is 5.91 Å². The van der Waals surface area contributed by atoms with E-state index in [1.165, 1.54) is 0 Å². The van der Waals surface area contributed by atoms with Crippen LogP contribution in [0.5, 0.6) is 0 Å². The molecule has 6 heteroatoms. The van der Waals surface area contributed by atoms with Crippen LogP contribution in [0, 0.1) is 0 Å². The molecule has 0 atom stereocenters. The molecule has 3 rings (SSSR count). The summed E-state index contributed by atoms with van der Waals surface area (Å²) in [6.07, 6.45) is 0. The lowest BCUT2D eigenvalue weighted by molar-refractivity contribution is 0.100. The minimum atomic E-state index is -0.466. The SMILES string of the molecule is NC(=O)c1ccc(Nc2nc3ccccc3nc2N)cc1. The molecule has 1 amide bonds. The van der Waals surface area contributed by atoms with E-state index in [2.05, 4.69) is 15.3 Å². The van der Waals surface area contributed by atoms with Gasteiger partial charge >= 0.3 is 0 Å². The van der Waals surface area contributed by atoms with Crippen molar-refractivity contribution in [2.75, 3.05) is 11.1 Å². The molecule has 0 aliphatic heterocycles. The summed E-state index contributed by atoms with van der Waals surface area (Å²) in [6.45, 7) is 0. The van der Waals surface area contributed by atoms with E-state index in [1.807, 2.05) is 24.3 Å². The first-order valence-corrected chi connectivity index (χ1v) is 6.32. The predicted molar refractivity (Wildman–Crippen MR) is 82.2 cm³/mol. The Morgan fingerprint density at radius 1 is 0.952 bits per heavy atom. The van der Waals surface area contributed by atoms with E-state index in [-0.39, 0.29) is 0 Å². The fourth-order valence-electron chi connectivity index (χ4n) is 1.96. The molecule has 0 spiro atoms. The predicted octanol–water partition coefficient (Wildman–Crippen LogP) is 2.05. The molecule has 0 saturated heterocycles. The van der Waals surface area contributed by atoms with Crippen molar-refractivity contribution in [3.8, 4) is 0 Å². The number of aromatic nitrogens is 2. The highest BCUT2D eigenvalue weighted by molar-refractivity contribution is 5.93. The molecule has 104 valence electrons. The number of nitrogens with zero attached hydrogens (tertiary/aromatic N) is 2. The number of rotatable bonds is 3. The number of carbonyl (C=O) groups is 1. The Bertz CT molecular complexity index is 814. The van der Waals surface area contributed by atoms with E-state index in [9.17, 15) is 4.79 Å². The second-order valence-corrected chi connectivity index (χ2v) is 4.51. The maximum atomic E-state index is 11.0. The van der Waals surface area contributed by atoms with Gasteiger partial charge in [-0.1, -0.05) is 12.1 Å². The van der Waals surface area contributed by atoms with Crippen LogP contribution in [0.15, 0.2) is 48.5 Å². The summed E-state index contributed by atoms with van der Waals surface area (Å²) < 4.78 is 0. The van der Waals surface area contributed by atoms with Gasteiger partial charge in [0.05, 0.1) is 11.0 Å². The molecule has 0 unspecified atom stereocenters. The van der Waals surface area contributed by atoms with Crippen molar-refractivity contribution < 1.29 is 4.79 Å². The second kappa shape index (κ2) is 5.09. The molecular weight excluding hydrogens is 266 g/mol. The van der Waals surface area contributed by atoms with Gasteiger partial charge < -0.3 is 16.8 Å². The molecule has 0 aliphatic carbocycles. The highest BCUT2D eigenvalue weighted by atomic mass is 16.1. The number of amides is 1.